The smallest absolute Gasteiger partial charge is 0.321 e. The number of para-hydroxylation sites is 1. The number of fused-ring (bicyclic) bond motifs is 1. The summed E-state index contributed by atoms with van der Waals surface area (Å²) < 4.78 is 1.83. The number of nitrogens with one attached hydrogen (secondary N) is 2. The van der Waals surface area contributed by atoms with E-state index in [1.54, 1.807) is 19.3 Å². The van der Waals surface area contributed by atoms with E-state index in [1.807, 2.05) is 67.2 Å². The molecule has 4 rings (SSSR count). The van der Waals surface area contributed by atoms with Crippen LogP contribution in [0.15, 0.2) is 65.9 Å². The molecule has 0 radical (unpaired) electrons. The van der Waals surface area contributed by atoms with Crippen LogP contribution in [-0.4, -0.2) is 40.4 Å². The maximum absolute atomic E-state index is 13.1. The first-order valence-corrected chi connectivity index (χ1v) is 9.50. The number of hydrogen-bond acceptors (Lipinski definition) is 4. The first-order valence-electron chi connectivity index (χ1n) is 9.50. The van der Waals surface area contributed by atoms with Crippen LogP contribution in [-0.2, 0) is 11.8 Å². The topological polar surface area (TPSA) is 91.6 Å². The van der Waals surface area contributed by atoms with Crippen molar-refractivity contribution in [2.24, 2.45) is 12.0 Å². The van der Waals surface area contributed by atoms with Gasteiger partial charge in [0.1, 0.15) is 5.71 Å². The van der Waals surface area contributed by atoms with Crippen LogP contribution in [0.5, 0.6) is 0 Å². The van der Waals surface area contributed by atoms with Gasteiger partial charge in [-0.2, -0.15) is 0 Å². The Balaban J connectivity index is 1.70. The summed E-state index contributed by atoms with van der Waals surface area (Å²) in [5, 5.41) is 5.44. The van der Waals surface area contributed by atoms with Gasteiger partial charge in [-0.3, -0.25) is 4.79 Å². The maximum Gasteiger partial charge on any atom is 0.321 e. The third kappa shape index (κ3) is 3.67. The molecule has 0 saturated carbocycles. The third-order valence-electron chi connectivity index (χ3n) is 4.92. The van der Waals surface area contributed by atoms with Crippen LogP contribution in [0.1, 0.15) is 17.0 Å². The number of carbonyl (C=O) groups is 2. The summed E-state index contributed by atoms with van der Waals surface area (Å²) in [4.78, 5) is 36.2. The fraction of sp³-hybridized carbons (Fsp3) is 0.182. The number of anilines is 2. The molecule has 0 fully saturated rings. The van der Waals surface area contributed by atoms with Crippen LogP contribution in [0.4, 0.5) is 16.2 Å². The van der Waals surface area contributed by atoms with Gasteiger partial charge < -0.3 is 20.1 Å². The average molecular weight is 402 g/mol. The van der Waals surface area contributed by atoms with Gasteiger partial charge in [0, 0.05) is 37.7 Å². The molecule has 0 aliphatic carbocycles. The molecule has 8 heteroatoms. The van der Waals surface area contributed by atoms with Gasteiger partial charge in [0.25, 0.3) is 5.91 Å². The van der Waals surface area contributed by atoms with E-state index in [0.29, 0.717) is 22.9 Å². The fourth-order valence-corrected chi connectivity index (χ4v) is 3.40. The SMILES string of the molecule is Cc1cccc(NC(=O)NC2N=C(c3nccn3C)c3ccccc3N(C)C2=O)c1. The molecule has 2 aromatic carbocycles. The molecule has 0 spiro atoms. The zero-order valence-corrected chi connectivity index (χ0v) is 17.0. The van der Waals surface area contributed by atoms with Gasteiger partial charge in [-0.05, 0) is 30.7 Å². The molecule has 1 aliphatic rings. The van der Waals surface area contributed by atoms with E-state index in [1.165, 1.54) is 4.90 Å². The quantitative estimate of drug-likeness (QED) is 0.706. The Hall–Kier alpha value is -3.94. The van der Waals surface area contributed by atoms with E-state index in [0.717, 1.165) is 11.1 Å². The number of nitrogens with zero attached hydrogens (tertiary/aromatic N) is 4. The predicted molar refractivity (Wildman–Crippen MR) is 116 cm³/mol. The second kappa shape index (κ2) is 7.82. The van der Waals surface area contributed by atoms with Crippen LogP contribution >= 0.6 is 0 Å². The Morgan fingerprint density at radius 1 is 1.10 bits per heavy atom. The number of aromatic nitrogens is 2. The lowest BCUT2D eigenvalue weighted by molar-refractivity contribution is -0.119. The van der Waals surface area contributed by atoms with Gasteiger partial charge >= 0.3 is 6.03 Å². The Labute approximate surface area is 174 Å². The lowest BCUT2D eigenvalue weighted by Crippen LogP contribution is -2.47. The molecular weight excluding hydrogens is 380 g/mol. The Morgan fingerprint density at radius 3 is 2.63 bits per heavy atom. The molecule has 1 aliphatic heterocycles. The number of rotatable bonds is 3. The number of carbonyl (C=O) groups excluding carboxylic acids is 2. The summed E-state index contributed by atoms with van der Waals surface area (Å²) in [6.45, 7) is 1.94. The second-order valence-corrected chi connectivity index (χ2v) is 7.12. The normalized spacial score (nSPS) is 15.8. The highest BCUT2D eigenvalue weighted by molar-refractivity contribution is 6.19. The number of aryl methyl sites for hydroxylation is 2. The van der Waals surface area contributed by atoms with Gasteiger partial charge in [0.2, 0.25) is 6.17 Å². The number of benzodiazepines with no additional fused rings is 1. The predicted octanol–water partition coefficient (Wildman–Crippen LogP) is 2.69. The zero-order valence-electron chi connectivity index (χ0n) is 17.0. The Kier molecular flexibility index (Phi) is 5.05. The van der Waals surface area contributed by atoms with Crippen LogP contribution < -0.4 is 15.5 Å². The van der Waals surface area contributed by atoms with Crippen molar-refractivity contribution in [1.29, 1.82) is 0 Å². The van der Waals surface area contributed by atoms with Crippen LogP contribution in [0.2, 0.25) is 0 Å². The minimum atomic E-state index is -1.10. The van der Waals surface area contributed by atoms with E-state index in [9.17, 15) is 9.59 Å². The van der Waals surface area contributed by atoms with Gasteiger partial charge in [-0.25, -0.2) is 14.8 Å². The minimum absolute atomic E-state index is 0.342. The molecular formula is C22H22N6O2. The molecule has 0 bridgehead atoms. The van der Waals surface area contributed by atoms with Crippen molar-refractivity contribution in [3.8, 4) is 0 Å². The number of likely N-dealkylation sites (N-methyl/N-ethyl adjacent to an activating group) is 1. The number of amides is 3. The lowest BCUT2D eigenvalue weighted by Gasteiger charge is -2.21. The molecule has 3 aromatic rings. The van der Waals surface area contributed by atoms with Crippen molar-refractivity contribution in [2.45, 2.75) is 13.1 Å². The van der Waals surface area contributed by atoms with Crippen molar-refractivity contribution in [2.75, 3.05) is 17.3 Å². The van der Waals surface area contributed by atoms with Gasteiger partial charge in [-0.15, -0.1) is 0 Å². The van der Waals surface area contributed by atoms with E-state index in [-0.39, 0.29) is 5.91 Å². The summed E-state index contributed by atoms with van der Waals surface area (Å²) in [5.74, 6) is 0.266. The molecule has 0 saturated heterocycles. The van der Waals surface area contributed by atoms with Crippen molar-refractivity contribution in [1.82, 2.24) is 14.9 Å². The summed E-state index contributed by atoms with van der Waals surface area (Å²) in [7, 11) is 3.53. The molecule has 2 N–H and O–H groups in total. The van der Waals surface area contributed by atoms with Gasteiger partial charge in [-0.1, -0.05) is 30.3 Å². The molecule has 1 unspecified atom stereocenters. The molecule has 30 heavy (non-hydrogen) atoms. The fourth-order valence-electron chi connectivity index (χ4n) is 3.40. The summed E-state index contributed by atoms with van der Waals surface area (Å²) in [6.07, 6.45) is 2.38. The van der Waals surface area contributed by atoms with Crippen LogP contribution in [0, 0.1) is 6.92 Å². The molecule has 3 amide bonds. The van der Waals surface area contributed by atoms with E-state index >= 15 is 0 Å². The van der Waals surface area contributed by atoms with E-state index in [4.69, 9.17) is 0 Å². The number of hydrogen-bond donors (Lipinski definition) is 2. The summed E-state index contributed by atoms with van der Waals surface area (Å²) in [6, 6.07) is 14.4. The minimum Gasteiger partial charge on any atom is -0.333 e. The highest BCUT2D eigenvalue weighted by Crippen LogP contribution is 2.26. The van der Waals surface area contributed by atoms with Gasteiger partial charge in [0.15, 0.2) is 5.82 Å². The highest BCUT2D eigenvalue weighted by Gasteiger charge is 2.32. The van der Waals surface area contributed by atoms with Crippen LogP contribution in [0.3, 0.4) is 0 Å². The lowest BCUT2D eigenvalue weighted by atomic mass is 10.1. The molecule has 152 valence electrons. The van der Waals surface area contributed by atoms with Gasteiger partial charge in [0.05, 0.1) is 5.69 Å². The standard InChI is InChI=1S/C22H22N6O2/c1-14-7-6-8-15(13-14)24-22(30)26-19-21(29)28(3)17-10-5-4-9-16(17)18(25-19)20-23-11-12-27(20)2/h4-13,19H,1-3H3,(H2,24,26,30). The summed E-state index contributed by atoms with van der Waals surface area (Å²) in [5.41, 5.74) is 3.66. The largest absolute Gasteiger partial charge is 0.333 e. The zero-order chi connectivity index (χ0) is 21.3. The Bertz CT molecular complexity index is 1150. The van der Waals surface area contributed by atoms with E-state index in [2.05, 4.69) is 20.6 Å². The molecule has 1 aromatic heterocycles. The molecule has 8 nitrogen and oxygen atoms in total. The molecule has 1 atom stereocenters. The van der Waals surface area contributed by atoms with Crippen molar-refractivity contribution in [3.63, 3.8) is 0 Å². The number of urea groups is 1. The van der Waals surface area contributed by atoms with Crippen molar-refractivity contribution >= 4 is 29.0 Å². The first-order chi connectivity index (χ1) is 14.4. The third-order valence-corrected chi connectivity index (χ3v) is 4.92. The number of benzene rings is 2. The summed E-state index contributed by atoms with van der Waals surface area (Å²) >= 11 is 0. The average Bonchev–Trinajstić information content (AvgIpc) is 3.12. The number of imidazole rings is 1. The highest BCUT2D eigenvalue weighted by atomic mass is 16.2. The van der Waals surface area contributed by atoms with E-state index < -0.39 is 12.2 Å². The van der Waals surface area contributed by atoms with Crippen molar-refractivity contribution in [3.05, 3.63) is 77.9 Å². The monoisotopic (exact) mass is 402 g/mol. The Morgan fingerprint density at radius 2 is 1.90 bits per heavy atom. The number of aliphatic imine (C=N–C) groups is 1. The molecule has 2 heterocycles. The van der Waals surface area contributed by atoms with Crippen LogP contribution in [0.25, 0.3) is 0 Å². The first kappa shape index (κ1) is 19.4. The second-order valence-electron chi connectivity index (χ2n) is 7.12. The maximum atomic E-state index is 13.1. The van der Waals surface area contributed by atoms with Crippen molar-refractivity contribution < 1.29 is 9.59 Å².